The van der Waals surface area contributed by atoms with Crippen molar-refractivity contribution in [3.05, 3.63) is 69.7 Å². The van der Waals surface area contributed by atoms with Crippen molar-refractivity contribution >= 4 is 34.1 Å². The van der Waals surface area contributed by atoms with Crippen molar-refractivity contribution in [3.63, 3.8) is 0 Å². The first-order chi connectivity index (χ1) is 14.4. The van der Waals surface area contributed by atoms with E-state index in [1.807, 2.05) is 42.5 Å². The molecule has 2 heterocycles. The molecule has 1 aliphatic heterocycles. The van der Waals surface area contributed by atoms with Crippen LogP contribution in [0.4, 0.5) is 0 Å². The lowest BCUT2D eigenvalue weighted by Crippen LogP contribution is -2.52. The van der Waals surface area contributed by atoms with Crippen molar-refractivity contribution in [2.24, 2.45) is 0 Å². The van der Waals surface area contributed by atoms with Crippen molar-refractivity contribution in [1.82, 2.24) is 10.3 Å². The molecule has 30 heavy (non-hydrogen) atoms. The molecule has 7 heteroatoms. The van der Waals surface area contributed by atoms with Crippen LogP contribution in [0.2, 0.25) is 10.0 Å². The Hall–Kier alpha value is -1.89. The monoisotopic (exact) mass is 446 g/mol. The minimum atomic E-state index is -1.10. The van der Waals surface area contributed by atoms with Gasteiger partial charge in [-0.15, -0.1) is 0 Å². The Morgan fingerprint density at radius 1 is 1.17 bits per heavy atom. The van der Waals surface area contributed by atoms with Gasteiger partial charge in [-0.1, -0.05) is 35.3 Å². The van der Waals surface area contributed by atoms with Crippen LogP contribution in [0.1, 0.15) is 29.9 Å². The summed E-state index contributed by atoms with van der Waals surface area (Å²) in [6.45, 7) is 0.555. The molecule has 2 aromatic carbocycles. The van der Waals surface area contributed by atoms with Gasteiger partial charge in [0.15, 0.2) is 0 Å². The van der Waals surface area contributed by atoms with Crippen LogP contribution in [-0.4, -0.2) is 47.1 Å². The van der Waals surface area contributed by atoms with Crippen molar-refractivity contribution in [1.29, 1.82) is 0 Å². The standard InChI is InChI=1S/C23H24Cl2N2O3/c1-30-22-19(11-15-10-17(25)6-7-20(15)27-22)21(14-2-4-16(24)5-3-14)23(29)8-9-26-18(12-23)13-28/h2-7,10-11,18,21,26,28-29H,8-9,12-13H2,1H3. The fourth-order valence-corrected chi connectivity index (χ4v) is 4.74. The Bertz CT molecular complexity index is 1040. The third-order valence-electron chi connectivity index (χ3n) is 5.83. The van der Waals surface area contributed by atoms with Crippen LogP contribution >= 0.6 is 23.2 Å². The van der Waals surface area contributed by atoms with E-state index in [4.69, 9.17) is 27.9 Å². The molecule has 0 spiro atoms. The number of aromatic nitrogens is 1. The average Bonchev–Trinajstić information content (AvgIpc) is 2.74. The molecule has 3 N–H and O–H groups in total. The van der Waals surface area contributed by atoms with Gasteiger partial charge in [0.1, 0.15) is 0 Å². The van der Waals surface area contributed by atoms with Crippen molar-refractivity contribution in [2.75, 3.05) is 20.3 Å². The molecule has 1 aromatic heterocycles. The van der Waals surface area contributed by atoms with Crippen LogP contribution in [0.3, 0.4) is 0 Å². The minimum Gasteiger partial charge on any atom is -0.481 e. The maximum absolute atomic E-state index is 11.9. The van der Waals surface area contributed by atoms with Gasteiger partial charge in [-0.05, 0) is 61.3 Å². The highest BCUT2D eigenvalue weighted by atomic mass is 35.5. The van der Waals surface area contributed by atoms with Crippen LogP contribution in [0.25, 0.3) is 10.9 Å². The summed E-state index contributed by atoms with van der Waals surface area (Å²) in [6, 6.07) is 14.8. The lowest BCUT2D eigenvalue weighted by molar-refractivity contribution is -0.0261. The number of halogens is 2. The van der Waals surface area contributed by atoms with Gasteiger partial charge in [0.2, 0.25) is 5.88 Å². The number of aliphatic hydroxyl groups excluding tert-OH is 1. The normalized spacial score (nSPS) is 22.8. The van der Waals surface area contributed by atoms with E-state index in [2.05, 4.69) is 10.3 Å². The summed E-state index contributed by atoms with van der Waals surface area (Å²) >= 11 is 12.3. The Balaban J connectivity index is 1.92. The molecule has 1 aliphatic rings. The van der Waals surface area contributed by atoms with E-state index in [0.29, 0.717) is 35.3 Å². The number of rotatable bonds is 5. The van der Waals surface area contributed by atoms with Crippen molar-refractivity contribution in [3.8, 4) is 5.88 Å². The van der Waals surface area contributed by atoms with E-state index < -0.39 is 11.5 Å². The summed E-state index contributed by atoms with van der Waals surface area (Å²) in [5.41, 5.74) is 1.34. The largest absolute Gasteiger partial charge is 0.481 e. The molecule has 0 aliphatic carbocycles. The number of hydrogen-bond acceptors (Lipinski definition) is 5. The van der Waals surface area contributed by atoms with Gasteiger partial charge in [-0.2, -0.15) is 0 Å². The molecule has 0 amide bonds. The first-order valence-corrected chi connectivity index (χ1v) is 10.7. The SMILES string of the molecule is COc1nc2ccc(Cl)cc2cc1C(c1ccc(Cl)cc1)C1(O)CCNC(CO)C1. The fourth-order valence-electron chi connectivity index (χ4n) is 4.44. The predicted molar refractivity (Wildman–Crippen MR) is 120 cm³/mol. The first-order valence-electron chi connectivity index (χ1n) is 9.90. The number of piperidine rings is 1. The molecular weight excluding hydrogens is 423 g/mol. The van der Waals surface area contributed by atoms with Crippen LogP contribution in [0.15, 0.2) is 48.5 Å². The number of methoxy groups -OCH3 is 1. The number of hydrogen-bond donors (Lipinski definition) is 3. The summed E-state index contributed by atoms with van der Waals surface area (Å²) in [7, 11) is 1.58. The molecular formula is C23H24Cl2N2O3. The van der Waals surface area contributed by atoms with Crippen LogP contribution in [-0.2, 0) is 0 Å². The lowest BCUT2D eigenvalue weighted by Gasteiger charge is -2.43. The molecule has 1 fully saturated rings. The van der Waals surface area contributed by atoms with E-state index in [0.717, 1.165) is 22.0 Å². The highest BCUT2D eigenvalue weighted by molar-refractivity contribution is 6.31. The number of benzene rings is 2. The number of fused-ring (bicyclic) bond motifs is 1. The molecule has 5 nitrogen and oxygen atoms in total. The summed E-state index contributed by atoms with van der Waals surface area (Å²) in [6.07, 6.45) is 0.918. The van der Waals surface area contributed by atoms with Crippen LogP contribution in [0, 0.1) is 0 Å². The Kier molecular flexibility index (Phi) is 6.19. The van der Waals surface area contributed by atoms with Crippen LogP contribution < -0.4 is 10.1 Å². The molecule has 1 saturated heterocycles. The molecule has 158 valence electrons. The summed E-state index contributed by atoms with van der Waals surface area (Å²) in [5, 5.41) is 26.9. The molecule has 4 rings (SSSR count). The molecule has 3 aromatic rings. The molecule has 3 atom stereocenters. The molecule has 3 unspecified atom stereocenters. The van der Waals surface area contributed by atoms with E-state index >= 15 is 0 Å². The van der Waals surface area contributed by atoms with Gasteiger partial charge in [-0.3, -0.25) is 0 Å². The van der Waals surface area contributed by atoms with E-state index in [-0.39, 0.29) is 12.6 Å². The minimum absolute atomic E-state index is 0.0433. The second-order valence-electron chi connectivity index (χ2n) is 7.80. The molecule has 0 bridgehead atoms. The summed E-state index contributed by atoms with van der Waals surface area (Å²) in [4.78, 5) is 4.68. The number of nitrogens with zero attached hydrogens (tertiary/aromatic N) is 1. The zero-order valence-corrected chi connectivity index (χ0v) is 18.1. The maximum Gasteiger partial charge on any atom is 0.217 e. The summed E-state index contributed by atoms with van der Waals surface area (Å²) in [5.74, 6) is 0.0361. The van der Waals surface area contributed by atoms with Gasteiger partial charge < -0.3 is 20.3 Å². The highest BCUT2D eigenvalue weighted by Crippen LogP contribution is 2.45. The highest BCUT2D eigenvalue weighted by Gasteiger charge is 2.44. The zero-order valence-electron chi connectivity index (χ0n) is 16.6. The Morgan fingerprint density at radius 2 is 1.90 bits per heavy atom. The second kappa shape index (κ2) is 8.69. The van der Waals surface area contributed by atoms with Crippen molar-refractivity contribution in [2.45, 2.75) is 30.4 Å². The molecule has 0 radical (unpaired) electrons. The zero-order chi connectivity index (χ0) is 21.3. The van der Waals surface area contributed by atoms with E-state index in [9.17, 15) is 10.2 Å². The smallest absolute Gasteiger partial charge is 0.217 e. The van der Waals surface area contributed by atoms with Gasteiger partial charge in [-0.25, -0.2) is 4.98 Å². The third-order valence-corrected chi connectivity index (χ3v) is 6.31. The van der Waals surface area contributed by atoms with Gasteiger partial charge in [0, 0.05) is 33.0 Å². The second-order valence-corrected chi connectivity index (χ2v) is 8.67. The van der Waals surface area contributed by atoms with Gasteiger partial charge in [0.05, 0.1) is 24.8 Å². The average molecular weight is 447 g/mol. The number of pyridine rings is 1. The Labute approximate surface area is 185 Å². The Morgan fingerprint density at radius 3 is 2.60 bits per heavy atom. The third kappa shape index (κ3) is 4.13. The quantitative estimate of drug-likeness (QED) is 0.548. The predicted octanol–water partition coefficient (Wildman–Crippen LogP) is 4.16. The van der Waals surface area contributed by atoms with Crippen LogP contribution in [0.5, 0.6) is 5.88 Å². The van der Waals surface area contributed by atoms with Gasteiger partial charge in [0.25, 0.3) is 0 Å². The van der Waals surface area contributed by atoms with E-state index in [1.54, 1.807) is 13.2 Å². The topological polar surface area (TPSA) is 74.6 Å². The van der Waals surface area contributed by atoms with E-state index in [1.165, 1.54) is 0 Å². The maximum atomic E-state index is 11.9. The van der Waals surface area contributed by atoms with Crippen molar-refractivity contribution < 1.29 is 14.9 Å². The number of nitrogens with one attached hydrogen (secondary N) is 1. The number of ether oxygens (including phenoxy) is 1. The first kappa shape index (κ1) is 21.3. The van der Waals surface area contributed by atoms with Gasteiger partial charge >= 0.3 is 0 Å². The molecule has 0 saturated carbocycles. The fraction of sp³-hybridized carbons (Fsp3) is 0.348. The lowest BCUT2D eigenvalue weighted by atomic mass is 9.71. The number of aliphatic hydroxyl groups is 2. The summed E-state index contributed by atoms with van der Waals surface area (Å²) < 4.78 is 5.65.